The van der Waals surface area contributed by atoms with Gasteiger partial charge in [0.1, 0.15) is 0 Å². The second-order valence-corrected chi connectivity index (χ2v) is 6.61. The summed E-state index contributed by atoms with van der Waals surface area (Å²) in [5.41, 5.74) is 5.54. The van der Waals surface area contributed by atoms with E-state index in [1.807, 2.05) is 0 Å². The third-order valence-electron chi connectivity index (χ3n) is 4.82. The fraction of sp³-hybridized carbons (Fsp3) is 0.167. The van der Waals surface area contributed by atoms with Crippen molar-refractivity contribution in [2.24, 2.45) is 0 Å². The van der Waals surface area contributed by atoms with Crippen molar-refractivity contribution >= 4 is 10.9 Å². The summed E-state index contributed by atoms with van der Waals surface area (Å²) in [7, 11) is 0. The van der Waals surface area contributed by atoms with Crippen LogP contribution in [0.25, 0.3) is 10.9 Å². The van der Waals surface area contributed by atoms with Crippen LogP contribution in [0.1, 0.15) is 23.2 Å². The predicted octanol–water partition coefficient (Wildman–Crippen LogP) is 5.86. The van der Waals surface area contributed by atoms with Crippen molar-refractivity contribution in [3.8, 4) is 0 Å². The number of fused-ring (bicyclic) bond motifs is 1. The molecule has 0 bridgehead atoms. The Hall–Kier alpha value is -2.80. The summed E-state index contributed by atoms with van der Waals surface area (Å²) in [4.78, 5) is 0. The lowest BCUT2D eigenvalue weighted by Gasteiger charge is -2.11. The fourth-order valence-electron chi connectivity index (χ4n) is 3.55. The molecule has 0 radical (unpaired) electrons. The molecule has 0 fully saturated rings. The molecular weight excluding hydrogens is 302 g/mol. The molecule has 0 aliphatic rings. The van der Waals surface area contributed by atoms with E-state index in [0.717, 1.165) is 19.4 Å². The van der Waals surface area contributed by atoms with E-state index in [1.165, 1.54) is 34.1 Å². The molecule has 25 heavy (non-hydrogen) atoms. The quantitative estimate of drug-likeness (QED) is 0.418. The van der Waals surface area contributed by atoms with Crippen LogP contribution in [0.3, 0.4) is 0 Å². The van der Waals surface area contributed by atoms with Gasteiger partial charge in [-0.3, -0.25) is 0 Å². The van der Waals surface area contributed by atoms with Crippen molar-refractivity contribution in [3.63, 3.8) is 0 Å². The van der Waals surface area contributed by atoms with Gasteiger partial charge in [0.15, 0.2) is 0 Å². The van der Waals surface area contributed by atoms with Gasteiger partial charge in [-0.25, -0.2) is 0 Å². The van der Waals surface area contributed by atoms with E-state index < -0.39 is 0 Å². The zero-order valence-corrected chi connectivity index (χ0v) is 14.4. The van der Waals surface area contributed by atoms with Crippen molar-refractivity contribution in [1.29, 1.82) is 0 Å². The van der Waals surface area contributed by atoms with Gasteiger partial charge >= 0.3 is 0 Å². The lowest BCUT2D eigenvalue weighted by molar-refractivity contribution is 0.720. The van der Waals surface area contributed by atoms with Gasteiger partial charge in [-0.15, -0.1) is 0 Å². The average molecular weight is 325 g/mol. The summed E-state index contributed by atoms with van der Waals surface area (Å²) in [5.74, 6) is 0. The van der Waals surface area contributed by atoms with Crippen LogP contribution in [0.15, 0.2) is 91.0 Å². The summed E-state index contributed by atoms with van der Waals surface area (Å²) in [6.07, 6.45) is 3.42. The molecule has 0 atom stereocenters. The number of aryl methyl sites for hydroxylation is 2. The molecule has 1 heteroatoms. The largest absolute Gasteiger partial charge is 0.340 e. The van der Waals surface area contributed by atoms with E-state index in [4.69, 9.17) is 0 Å². The Morgan fingerprint density at radius 1 is 0.600 bits per heavy atom. The van der Waals surface area contributed by atoms with Crippen LogP contribution in [-0.4, -0.2) is 4.57 Å². The lowest BCUT2D eigenvalue weighted by Crippen LogP contribution is -2.05. The monoisotopic (exact) mass is 325 g/mol. The molecule has 0 spiro atoms. The van der Waals surface area contributed by atoms with E-state index >= 15 is 0 Å². The van der Waals surface area contributed by atoms with Gasteiger partial charge in [0, 0.05) is 17.8 Å². The number of nitrogens with zero attached hydrogens (tertiary/aromatic N) is 1. The maximum absolute atomic E-state index is 2.48. The minimum atomic E-state index is 0.940. The average Bonchev–Trinajstić information content (AvgIpc) is 3.01. The zero-order valence-electron chi connectivity index (χ0n) is 14.4. The highest BCUT2D eigenvalue weighted by molar-refractivity contribution is 5.81. The van der Waals surface area contributed by atoms with Crippen LogP contribution < -0.4 is 0 Å². The van der Waals surface area contributed by atoms with Gasteiger partial charge in [0.2, 0.25) is 0 Å². The Morgan fingerprint density at radius 2 is 1.24 bits per heavy atom. The molecular formula is C24H23N. The van der Waals surface area contributed by atoms with Gasteiger partial charge in [0.05, 0.1) is 0 Å². The Bertz CT molecular complexity index is 936. The Balaban J connectivity index is 1.58. The minimum absolute atomic E-state index is 0.940. The van der Waals surface area contributed by atoms with Gasteiger partial charge in [0.25, 0.3) is 0 Å². The van der Waals surface area contributed by atoms with Gasteiger partial charge in [-0.05, 0) is 47.9 Å². The lowest BCUT2D eigenvalue weighted by atomic mass is 10.1. The number of rotatable bonds is 6. The molecule has 0 N–H and O–H groups in total. The number of hydrogen-bond acceptors (Lipinski definition) is 0. The Labute approximate surface area is 149 Å². The number of benzene rings is 3. The van der Waals surface area contributed by atoms with Crippen LogP contribution in [0.5, 0.6) is 0 Å². The summed E-state index contributed by atoms with van der Waals surface area (Å²) in [6.45, 7) is 0.940. The van der Waals surface area contributed by atoms with E-state index in [9.17, 15) is 0 Å². The first-order valence-corrected chi connectivity index (χ1v) is 9.05. The highest BCUT2D eigenvalue weighted by atomic mass is 15.0. The fourth-order valence-corrected chi connectivity index (χ4v) is 3.55. The molecule has 0 amide bonds. The topological polar surface area (TPSA) is 4.93 Å². The first kappa shape index (κ1) is 15.7. The van der Waals surface area contributed by atoms with Crippen molar-refractivity contribution in [3.05, 3.63) is 108 Å². The molecule has 1 aromatic heterocycles. The van der Waals surface area contributed by atoms with Crippen molar-refractivity contribution < 1.29 is 0 Å². The summed E-state index contributed by atoms with van der Waals surface area (Å²) in [6, 6.07) is 32.6. The molecule has 0 saturated carbocycles. The first-order chi connectivity index (χ1) is 12.4. The predicted molar refractivity (Wildman–Crippen MR) is 106 cm³/mol. The number of aromatic nitrogens is 1. The van der Waals surface area contributed by atoms with Gasteiger partial charge < -0.3 is 4.57 Å². The van der Waals surface area contributed by atoms with Gasteiger partial charge in [-0.1, -0.05) is 78.9 Å². The molecule has 0 saturated heterocycles. The molecule has 4 rings (SSSR count). The first-order valence-electron chi connectivity index (χ1n) is 9.05. The molecule has 0 unspecified atom stereocenters. The zero-order chi connectivity index (χ0) is 16.9. The number of para-hydroxylation sites is 1. The van der Waals surface area contributed by atoms with Crippen LogP contribution >= 0.6 is 0 Å². The number of hydrogen-bond donors (Lipinski definition) is 0. The second kappa shape index (κ2) is 7.40. The SMILES string of the molecule is c1ccc(CCCc2cc3ccccc3n2Cc2ccccc2)cc1. The maximum atomic E-state index is 2.48. The van der Waals surface area contributed by atoms with Crippen LogP contribution in [-0.2, 0) is 19.4 Å². The Kier molecular flexibility index (Phi) is 4.65. The van der Waals surface area contributed by atoms with E-state index in [1.54, 1.807) is 0 Å². The molecule has 1 heterocycles. The third-order valence-corrected chi connectivity index (χ3v) is 4.82. The van der Waals surface area contributed by atoms with E-state index in [0.29, 0.717) is 0 Å². The summed E-state index contributed by atoms with van der Waals surface area (Å²) >= 11 is 0. The van der Waals surface area contributed by atoms with Crippen molar-refractivity contribution in [2.45, 2.75) is 25.8 Å². The van der Waals surface area contributed by atoms with Crippen molar-refractivity contribution in [1.82, 2.24) is 4.57 Å². The van der Waals surface area contributed by atoms with Crippen LogP contribution in [0.4, 0.5) is 0 Å². The van der Waals surface area contributed by atoms with Gasteiger partial charge in [-0.2, -0.15) is 0 Å². The maximum Gasteiger partial charge on any atom is 0.0485 e. The highest BCUT2D eigenvalue weighted by Crippen LogP contribution is 2.23. The van der Waals surface area contributed by atoms with E-state index in [-0.39, 0.29) is 0 Å². The molecule has 1 nitrogen and oxygen atoms in total. The minimum Gasteiger partial charge on any atom is -0.340 e. The molecule has 3 aromatic carbocycles. The Morgan fingerprint density at radius 3 is 2.00 bits per heavy atom. The van der Waals surface area contributed by atoms with Crippen LogP contribution in [0, 0.1) is 0 Å². The second-order valence-electron chi connectivity index (χ2n) is 6.61. The third kappa shape index (κ3) is 3.66. The molecule has 0 aliphatic heterocycles. The smallest absolute Gasteiger partial charge is 0.0485 e. The van der Waals surface area contributed by atoms with Crippen molar-refractivity contribution in [2.75, 3.05) is 0 Å². The summed E-state index contributed by atoms with van der Waals surface area (Å²) in [5, 5.41) is 1.34. The normalized spacial score (nSPS) is 11.0. The van der Waals surface area contributed by atoms with Crippen LogP contribution in [0.2, 0.25) is 0 Å². The molecule has 124 valence electrons. The highest BCUT2D eigenvalue weighted by Gasteiger charge is 2.09. The molecule has 4 aromatic rings. The van der Waals surface area contributed by atoms with E-state index in [2.05, 4.69) is 95.6 Å². The molecule has 0 aliphatic carbocycles. The standard InChI is InChI=1S/C24H23N/c1-3-10-20(11-4-1)14-9-16-23-18-22-15-7-8-17-24(22)25(23)19-21-12-5-2-6-13-21/h1-8,10-13,15,17-18H,9,14,16,19H2. The summed E-state index contributed by atoms with van der Waals surface area (Å²) < 4.78 is 2.48.